The number of anilines is 1. The van der Waals surface area contributed by atoms with Crippen LogP contribution in [0.3, 0.4) is 0 Å². The molecule has 7 heteroatoms. The van der Waals surface area contributed by atoms with Gasteiger partial charge in [0.15, 0.2) is 0 Å². The second-order valence-corrected chi connectivity index (χ2v) is 11.1. The molecule has 5 rings (SSSR count). The van der Waals surface area contributed by atoms with Gasteiger partial charge >= 0.3 is 0 Å². The number of fused-ring (bicyclic) bond motifs is 3. The van der Waals surface area contributed by atoms with E-state index >= 15 is 0 Å². The highest BCUT2D eigenvalue weighted by atomic mass is 32.2. The van der Waals surface area contributed by atoms with Crippen LogP contribution in [0.5, 0.6) is 0 Å². The first-order chi connectivity index (χ1) is 16.3. The van der Waals surface area contributed by atoms with E-state index in [4.69, 9.17) is 0 Å². The zero-order valence-corrected chi connectivity index (χ0v) is 20.3. The van der Waals surface area contributed by atoms with Gasteiger partial charge in [0.2, 0.25) is 10.0 Å². The van der Waals surface area contributed by atoms with Crippen molar-refractivity contribution in [2.75, 3.05) is 25.0 Å². The Morgan fingerprint density at radius 3 is 2.62 bits per heavy atom. The summed E-state index contributed by atoms with van der Waals surface area (Å²) in [5.74, 6) is 0.110. The van der Waals surface area contributed by atoms with E-state index in [1.54, 1.807) is 12.1 Å². The molecule has 2 aliphatic heterocycles. The molecule has 0 aliphatic carbocycles. The van der Waals surface area contributed by atoms with Gasteiger partial charge in [-0.15, -0.1) is 0 Å². The molecular formula is C27H29N3O3S. The summed E-state index contributed by atoms with van der Waals surface area (Å²) in [4.78, 5) is 18.1. The van der Waals surface area contributed by atoms with E-state index in [9.17, 15) is 13.2 Å². The van der Waals surface area contributed by atoms with E-state index in [0.29, 0.717) is 5.56 Å². The van der Waals surface area contributed by atoms with Crippen molar-refractivity contribution in [3.05, 3.63) is 95.1 Å². The van der Waals surface area contributed by atoms with Crippen molar-refractivity contribution in [1.29, 1.82) is 0 Å². The van der Waals surface area contributed by atoms with Crippen LogP contribution in [0.2, 0.25) is 0 Å². The largest absolute Gasteiger partial charge is 0.306 e. The highest BCUT2D eigenvalue weighted by molar-refractivity contribution is 7.89. The van der Waals surface area contributed by atoms with Crippen molar-refractivity contribution >= 4 is 21.6 Å². The molecule has 0 bridgehead atoms. The maximum atomic E-state index is 13.8. The molecule has 1 N–H and O–H groups in total. The molecule has 0 radical (unpaired) electrons. The van der Waals surface area contributed by atoms with Gasteiger partial charge in [0.05, 0.1) is 4.90 Å². The fourth-order valence-electron chi connectivity index (χ4n) is 5.14. The van der Waals surface area contributed by atoms with Crippen molar-refractivity contribution in [3.8, 4) is 0 Å². The first kappa shape index (κ1) is 22.8. The zero-order chi connectivity index (χ0) is 23.9. The minimum atomic E-state index is -3.76. The average molecular weight is 476 g/mol. The van der Waals surface area contributed by atoms with Crippen LogP contribution in [0.25, 0.3) is 0 Å². The number of hydrogen-bond acceptors (Lipinski definition) is 4. The zero-order valence-electron chi connectivity index (χ0n) is 19.4. The van der Waals surface area contributed by atoms with Gasteiger partial charge in [-0.2, -0.15) is 0 Å². The highest BCUT2D eigenvalue weighted by Crippen LogP contribution is 2.45. The number of sulfonamides is 1. The molecule has 1 saturated heterocycles. The molecule has 6 nitrogen and oxygen atoms in total. The summed E-state index contributed by atoms with van der Waals surface area (Å²) >= 11 is 0. The Kier molecular flexibility index (Phi) is 6.02. The SMILES string of the molecule is Cc1ccc2c(c1)C1CN(C)CCC1N2C(=O)c1cccc(S(=O)(=O)NCc2ccccc2)c1. The number of nitrogens with zero attached hydrogens (tertiary/aromatic N) is 2. The number of benzene rings is 3. The van der Waals surface area contributed by atoms with Crippen LogP contribution in [-0.2, 0) is 16.6 Å². The third kappa shape index (κ3) is 4.27. The lowest BCUT2D eigenvalue weighted by molar-refractivity contribution is 0.0964. The van der Waals surface area contributed by atoms with Crippen LogP contribution in [-0.4, -0.2) is 45.4 Å². The normalized spacial score (nSPS) is 20.1. The Labute approximate surface area is 201 Å². The maximum Gasteiger partial charge on any atom is 0.258 e. The van der Waals surface area contributed by atoms with Crippen LogP contribution in [0.1, 0.15) is 39.4 Å². The highest BCUT2D eigenvalue weighted by Gasteiger charge is 2.44. The fourth-order valence-corrected chi connectivity index (χ4v) is 6.20. The quantitative estimate of drug-likeness (QED) is 0.607. The molecule has 1 fully saturated rings. The van der Waals surface area contributed by atoms with Gasteiger partial charge in [-0.3, -0.25) is 4.79 Å². The summed E-state index contributed by atoms with van der Waals surface area (Å²) in [6, 6.07) is 22.1. The molecule has 1 amide bonds. The molecule has 2 aliphatic rings. The number of amides is 1. The van der Waals surface area contributed by atoms with Crippen molar-refractivity contribution in [2.45, 2.75) is 36.7 Å². The predicted octanol–water partition coefficient (Wildman–Crippen LogP) is 3.92. The number of carbonyl (C=O) groups excluding carboxylic acids is 1. The van der Waals surface area contributed by atoms with Crippen LogP contribution in [0, 0.1) is 6.92 Å². The number of aryl methyl sites for hydroxylation is 1. The molecule has 2 heterocycles. The van der Waals surface area contributed by atoms with Crippen LogP contribution in [0.4, 0.5) is 5.69 Å². The van der Waals surface area contributed by atoms with Crippen molar-refractivity contribution in [2.24, 2.45) is 0 Å². The third-order valence-electron chi connectivity index (χ3n) is 6.87. The summed E-state index contributed by atoms with van der Waals surface area (Å²) in [7, 11) is -1.64. The van der Waals surface area contributed by atoms with E-state index in [2.05, 4.69) is 29.7 Å². The van der Waals surface area contributed by atoms with Gasteiger partial charge in [-0.1, -0.05) is 54.1 Å². The molecule has 0 aromatic heterocycles. The third-order valence-corrected chi connectivity index (χ3v) is 8.27. The van der Waals surface area contributed by atoms with E-state index in [1.807, 2.05) is 47.4 Å². The molecule has 3 aromatic rings. The molecule has 2 unspecified atom stereocenters. The van der Waals surface area contributed by atoms with Crippen molar-refractivity contribution in [1.82, 2.24) is 9.62 Å². The van der Waals surface area contributed by atoms with Crippen molar-refractivity contribution < 1.29 is 13.2 Å². The Morgan fingerprint density at radius 2 is 1.82 bits per heavy atom. The van der Waals surface area contributed by atoms with Gasteiger partial charge in [0, 0.05) is 36.3 Å². The number of hydrogen-bond donors (Lipinski definition) is 1. The minimum Gasteiger partial charge on any atom is -0.306 e. The summed E-state index contributed by atoms with van der Waals surface area (Å²) in [6.45, 7) is 4.10. The smallest absolute Gasteiger partial charge is 0.258 e. The van der Waals surface area contributed by atoms with Gasteiger partial charge in [-0.05, 0) is 62.3 Å². The second-order valence-electron chi connectivity index (χ2n) is 9.30. The minimum absolute atomic E-state index is 0.0805. The average Bonchev–Trinajstić information content (AvgIpc) is 3.16. The number of likely N-dealkylation sites (tertiary alicyclic amines) is 1. The van der Waals surface area contributed by atoms with E-state index in [1.165, 1.54) is 23.3 Å². The van der Waals surface area contributed by atoms with Crippen LogP contribution in [0.15, 0.2) is 77.7 Å². The molecule has 3 aromatic carbocycles. The summed E-state index contributed by atoms with van der Waals surface area (Å²) in [5, 5.41) is 0. The summed E-state index contributed by atoms with van der Waals surface area (Å²) in [6.07, 6.45) is 0.886. The van der Waals surface area contributed by atoms with E-state index in [0.717, 1.165) is 30.8 Å². The first-order valence-electron chi connectivity index (χ1n) is 11.6. The molecular weight excluding hydrogens is 446 g/mol. The van der Waals surface area contributed by atoms with Crippen molar-refractivity contribution in [3.63, 3.8) is 0 Å². The molecule has 0 saturated carbocycles. The number of carbonyl (C=O) groups is 1. The van der Waals surface area contributed by atoms with Crippen LogP contribution < -0.4 is 9.62 Å². The van der Waals surface area contributed by atoms with E-state index < -0.39 is 10.0 Å². The predicted molar refractivity (Wildman–Crippen MR) is 134 cm³/mol. The summed E-state index contributed by atoms with van der Waals surface area (Å²) in [5.41, 5.74) is 4.58. The number of rotatable bonds is 5. The second kappa shape index (κ2) is 8.98. The molecule has 176 valence electrons. The van der Waals surface area contributed by atoms with E-state index in [-0.39, 0.29) is 29.3 Å². The number of likely N-dealkylation sites (N-methyl/N-ethyl adjacent to an activating group) is 1. The topological polar surface area (TPSA) is 69.7 Å². The van der Waals surface area contributed by atoms with Crippen LogP contribution >= 0.6 is 0 Å². The lowest BCUT2D eigenvalue weighted by atomic mass is 9.88. The molecule has 2 atom stereocenters. The monoisotopic (exact) mass is 475 g/mol. The number of piperidine rings is 1. The summed E-state index contributed by atoms with van der Waals surface area (Å²) < 4.78 is 28.6. The Balaban J connectivity index is 1.44. The lowest BCUT2D eigenvalue weighted by Crippen LogP contribution is -2.47. The lowest BCUT2D eigenvalue weighted by Gasteiger charge is -2.36. The Bertz CT molecular complexity index is 1320. The fraction of sp³-hybridized carbons (Fsp3) is 0.296. The molecule has 34 heavy (non-hydrogen) atoms. The Morgan fingerprint density at radius 1 is 1.03 bits per heavy atom. The van der Waals surface area contributed by atoms with Gasteiger partial charge in [0.1, 0.15) is 0 Å². The standard InChI is InChI=1S/C27H29N3O3S/c1-19-11-12-25-23(15-19)24-18-29(2)14-13-26(24)30(25)27(31)21-9-6-10-22(16-21)34(32,33)28-17-20-7-4-3-5-8-20/h3-12,15-16,24,26,28H,13-14,17-18H2,1-2H3. The van der Waals surface area contributed by atoms with Gasteiger partial charge in [-0.25, -0.2) is 13.1 Å². The molecule has 0 spiro atoms. The first-order valence-corrected chi connectivity index (χ1v) is 13.1. The Hall–Kier alpha value is -3.00. The number of nitrogens with one attached hydrogen (secondary N) is 1. The van der Waals surface area contributed by atoms with Gasteiger partial charge < -0.3 is 9.80 Å². The maximum absolute atomic E-state index is 13.8. The van der Waals surface area contributed by atoms with Gasteiger partial charge in [0.25, 0.3) is 5.91 Å².